The van der Waals surface area contributed by atoms with E-state index in [0.717, 1.165) is 12.8 Å². The first-order valence-corrected chi connectivity index (χ1v) is 5.53. The average molecular weight is 234 g/mol. The highest BCUT2D eigenvalue weighted by Crippen LogP contribution is 2.23. The van der Waals surface area contributed by atoms with Crippen LogP contribution in [0.2, 0.25) is 0 Å². The summed E-state index contributed by atoms with van der Waals surface area (Å²) in [7, 11) is 0. The van der Waals surface area contributed by atoms with E-state index in [2.05, 4.69) is 0 Å². The lowest BCUT2D eigenvalue weighted by molar-refractivity contribution is 0.793. The predicted molar refractivity (Wildman–Crippen MR) is 63.9 cm³/mol. The molecule has 4 heteroatoms. The number of rotatable bonds is 3. The molecular weight excluding hydrogens is 224 g/mol. The summed E-state index contributed by atoms with van der Waals surface area (Å²) in [6, 6.07) is 9.11. The molecular formula is C14H10N4. The van der Waals surface area contributed by atoms with Crippen LogP contribution in [0, 0.1) is 45.3 Å². The minimum absolute atomic E-state index is 0.00296. The Labute approximate surface area is 106 Å². The van der Waals surface area contributed by atoms with Gasteiger partial charge in [0.1, 0.15) is 24.3 Å². The van der Waals surface area contributed by atoms with Crippen molar-refractivity contribution in [2.24, 2.45) is 0 Å². The molecule has 1 aromatic rings. The molecule has 0 bridgehead atoms. The lowest BCUT2D eigenvalue weighted by Crippen LogP contribution is -2.01. The van der Waals surface area contributed by atoms with Gasteiger partial charge in [0, 0.05) is 0 Å². The Morgan fingerprint density at radius 3 is 1.94 bits per heavy atom. The Hall–Kier alpha value is -2.82. The molecule has 0 unspecified atom stereocenters. The molecule has 4 nitrogen and oxygen atoms in total. The highest BCUT2D eigenvalue weighted by molar-refractivity contribution is 5.64. The second-order valence-electron chi connectivity index (χ2n) is 3.76. The Morgan fingerprint density at radius 2 is 1.50 bits per heavy atom. The summed E-state index contributed by atoms with van der Waals surface area (Å²) in [6.45, 7) is 2.02. The third kappa shape index (κ3) is 2.30. The van der Waals surface area contributed by atoms with Crippen LogP contribution in [-0.2, 0) is 6.42 Å². The molecule has 0 aliphatic carbocycles. The lowest BCUT2D eigenvalue weighted by Gasteiger charge is -2.07. The van der Waals surface area contributed by atoms with Crippen molar-refractivity contribution in [3.63, 3.8) is 0 Å². The monoisotopic (exact) mass is 234 g/mol. The average Bonchev–Trinajstić information content (AvgIpc) is 2.42. The van der Waals surface area contributed by atoms with Crippen LogP contribution in [0.1, 0.15) is 47.6 Å². The van der Waals surface area contributed by atoms with Crippen molar-refractivity contribution in [3.8, 4) is 24.3 Å². The maximum absolute atomic E-state index is 9.12. The molecule has 1 rings (SSSR count). The van der Waals surface area contributed by atoms with Crippen LogP contribution in [0.5, 0.6) is 0 Å². The molecule has 0 heterocycles. The Kier molecular flexibility index (Phi) is 4.45. The van der Waals surface area contributed by atoms with E-state index < -0.39 is 0 Å². The summed E-state index contributed by atoms with van der Waals surface area (Å²) < 4.78 is 0. The highest BCUT2D eigenvalue weighted by atomic mass is 14.3. The van der Waals surface area contributed by atoms with Crippen LogP contribution in [0.3, 0.4) is 0 Å². The topological polar surface area (TPSA) is 95.2 Å². The first kappa shape index (κ1) is 13.2. The van der Waals surface area contributed by atoms with Crippen molar-refractivity contribution in [2.75, 3.05) is 0 Å². The number of nitrogens with zero attached hydrogens (tertiary/aromatic N) is 4. The fourth-order valence-corrected chi connectivity index (χ4v) is 1.75. The van der Waals surface area contributed by atoms with Crippen molar-refractivity contribution < 1.29 is 0 Å². The number of hydrogen-bond acceptors (Lipinski definition) is 4. The summed E-state index contributed by atoms with van der Waals surface area (Å²) in [6.07, 6.45) is 2.46. The van der Waals surface area contributed by atoms with Gasteiger partial charge in [-0.1, -0.05) is 13.3 Å². The fraction of sp³-hybridized carbons (Fsp3) is 0.286. The molecule has 0 amide bonds. The van der Waals surface area contributed by atoms with Crippen molar-refractivity contribution in [2.45, 2.75) is 26.2 Å². The van der Waals surface area contributed by atoms with Gasteiger partial charge in [0.2, 0.25) is 0 Å². The molecule has 86 valence electrons. The Balaban J connectivity index is 3.59. The maximum atomic E-state index is 9.12. The van der Waals surface area contributed by atoms with Crippen LogP contribution >= 0.6 is 0 Å². The molecule has 0 N–H and O–H groups in total. The zero-order chi connectivity index (χ0) is 13.5. The number of nitriles is 4. The summed E-state index contributed by atoms with van der Waals surface area (Å²) >= 11 is 0. The van der Waals surface area contributed by atoms with E-state index in [-0.39, 0.29) is 22.3 Å². The fourth-order valence-electron chi connectivity index (χ4n) is 1.75. The third-order valence-electron chi connectivity index (χ3n) is 2.66. The van der Waals surface area contributed by atoms with Crippen LogP contribution < -0.4 is 0 Å². The van der Waals surface area contributed by atoms with E-state index in [1.54, 1.807) is 6.07 Å². The minimum Gasteiger partial charge on any atom is -0.192 e. The molecule has 0 radical (unpaired) electrons. The van der Waals surface area contributed by atoms with Gasteiger partial charge in [0.25, 0.3) is 0 Å². The normalized spacial score (nSPS) is 8.72. The first-order valence-electron chi connectivity index (χ1n) is 5.53. The molecule has 1 aromatic carbocycles. The van der Waals surface area contributed by atoms with Gasteiger partial charge in [-0.05, 0) is 24.5 Å². The second-order valence-corrected chi connectivity index (χ2v) is 3.76. The van der Waals surface area contributed by atoms with Crippen LogP contribution in [0.25, 0.3) is 0 Å². The Bertz CT molecular complexity index is 630. The molecule has 0 aliphatic rings. The summed E-state index contributed by atoms with van der Waals surface area (Å²) in [4.78, 5) is 0. The standard InChI is InChI=1S/C14H10N4/c1-2-3-4-10-5-11(6-15)13(8-17)14(9-18)12(10)7-16/h5H,2-4H2,1H3. The van der Waals surface area contributed by atoms with Gasteiger partial charge in [0.15, 0.2) is 0 Å². The van der Waals surface area contributed by atoms with E-state index in [1.807, 2.05) is 31.2 Å². The number of benzene rings is 1. The van der Waals surface area contributed by atoms with Gasteiger partial charge in [-0.3, -0.25) is 0 Å². The smallest absolute Gasteiger partial charge is 0.102 e. The molecule has 0 aromatic heterocycles. The quantitative estimate of drug-likeness (QED) is 0.802. The van der Waals surface area contributed by atoms with Gasteiger partial charge in [0.05, 0.1) is 22.3 Å². The highest BCUT2D eigenvalue weighted by Gasteiger charge is 2.17. The van der Waals surface area contributed by atoms with E-state index in [0.29, 0.717) is 12.0 Å². The molecule has 0 fully saturated rings. The van der Waals surface area contributed by atoms with Gasteiger partial charge in [-0.25, -0.2) is 0 Å². The molecule has 0 saturated heterocycles. The SMILES string of the molecule is CCCCc1cc(C#N)c(C#N)c(C#N)c1C#N. The van der Waals surface area contributed by atoms with Crippen LogP contribution in [-0.4, -0.2) is 0 Å². The van der Waals surface area contributed by atoms with Crippen molar-refractivity contribution >= 4 is 0 Å². The number of aryl methyl sites for hydroxylation is 1. The first-order chi connectivity index (χ1) is 8.73. The number of unbranched alkanes of at least 4 members (excludes halogenated alkanes) is 1. The van der Waals surface area contributed by atoms with Gasteiger partial charge in [-0.2, -0.15) is 21.0 Å². The van der Waals surface area contributed by atoms with E-state index in [1.165, 1.54) is 0 Å². The van der Waals surface area contributed by atoms with Gasteiger partial charge >= 0.3 is 0 Å². The molecule has 0 spiro atoms. The summed E-state index contributed by atoms with van der Waals surface area (Å²) in [5, 5.41) is 36.2. The Morgan fingerprint density at radius 1 is 0.889 bits per heavy atom. The summed E-state index contributed by atoms with van der Waals surface area (Å²) in [5.74, 6) is 0. The molecule has 0 atom stereocenters. The molecule has 18 heavy (non-hydrogen) atoms. The van der Waals surface area contributed by atoms with Crippen LogP contribution in [0.4, 0.5) is 0 Å². The van der Waals surface area contributed by atoms with Crippen molar-refractivity contribution in [1.29, 1.82) is 21.0 Å². The van der Waals surface area contributed by atoms with E-state index in [9.17, 15) is 0 Å². The number of hydrogen-bond donors (Lipinski definition) is 0. The zero-order valence-electron chi connectivity index (χ0n) is 9.99. The van der Waals surface area contributed by atoms with E-state index >= 15 is 0 Å². The van der Waals surface area contributed by atoms with Crippen molar-refractivity contribution in [1.82, 2.24) is 0 Å². The predicted octanol–water partition coefficient (Wildman–Crippen LogP) is 2.52. The van der Waals surface area contributed by atoms with Gasteiger partial charge in [-0.15, -0.1) is 0 Å². The molecule has 0 aliphatic heterocycles. The lowest BCUT2D eigenvalue weighted by atomic mass is 9.91. The second kappa shape index (κ2) is 6.05. The zero-order valence-corrected chi connectivity index (χ0v) is 9.99. The summed E-state index contributed by atoms with van der Waals surface area (Å²) in [5.41, 5.74) is 1.08. The van der Waals surface area contributed by atoms with Gasteiger partial charge < -0.3 is 0 Å². The van der Waals surface area contributed by atoms with Crippen molar-refractivity contribution in [3.05, 3.63) is 33.9 Å². The van der Waals surface area contributed by atoms with Crippen LogP contribution in [0.15, 0.2) is 6.07 Å². The largest absolute Gasteiger partial charge is 0.192 e. The van der Waals surface area contributed by atoms with E-state index in [4.69, 9.17) is 21.0 Å². The minimum atomic E-state index is -0.00296. The third-order valence-corrected chi connectivity index (χ3v) is 2.66. The molecule has 0 saturated carbocycles. The maximum Gasteiger partial charge on any atom is 0.102 e.